The lowest BCUT2D eigenvalue weighted by Crippen LogP contribution is -2.46. The highest BCUT2D eigenvalue weighted by Crippen LogP contribution is 2.28. The lowest BCUT2D eigenvalue weighted by molar-refractivity contribution is -0.124. The zero-order chi connectivity index (χ0) is 22.6. The van der Waals surface area contributed by atoms with Gasteiger partial charge in [-0.1, -0.05) is 29.8 Å². The van der Waals surface area contributed by atoms with Crippen LogP contribution in [0.25, 0.3) is 0 Å². The summed E-state index contributed by atoms with van der Waals surface area (Å²) in [6.45, 7) is 5.05. The van der Waals surface area contributed by atoms with Crippen molar-refractivity contribution in [3.05, 3.63) is 59.7 Å². The molecule has 8 nitrogen and oxygen atoms in total. The van der Waals surface area contributed by atoms with Crippen LogP contribution in [0.1, 0.15) is 29.8 Å². The lowest BCUT2D eigenvalue weighted by atomic mass is 10.1. The van der Waals surface area contributed by atoms with Crippen LogP contribution >= 0.6 is 11.8 Å². The molecule has 1 heterocycles. The van der Waals surface area contributed by atoms with E-state index < -0.39 is 35.5 Å². The summed E-state index contributed by atoms with van der Waals surface area (Å²) in [4.78, 5) is 49.1. The summed E-state index contributed by atoms with van der Waals surface area (Å²) in [5.74, 6) is -1.30. The Hall–Kier alpha value is -3.33. The SMILES string of the molecule is Cc1ccc(NC(=O)C(C)OC(=O)c2ccccc2SCC2(C)NC(=O)NC2=O)cc1. The van der Waals surface area contributed by atoms with Crippen molar-refractivity contribution < 1.29 is 23.9 Å². The molecule has 0 bridgehead atoms. The highest BCUT2D eigenvalue weighted by atomic mass is 32.2. The van der Waals surface area contributed by atoms with Crippen LogP contribution < -0.4 is 16.0 Å². The number of rotatable bonds is 7. The standard InChI is InChI=1S/C22H23N3O5S/c1-13-8-10-15(11-9-13)23-18(26)14(2)30-19(27)16-6-4-5-7-17(16)31-12-22(3)20(28)24-21(29)25-22/h4-11,14H,12H2,1-3H3,(H,23,26)(H2,24,25,28,29). The van der Waals surface area contributed by atoms with Crippen LogP contribution in [-0.4, -0.2) is 41.2 Å². The molecule has 0 aliphatic carbocycles. The molecule has 0 aromatic heterocycles. The fraction of sp³-hybridized carbons (Fsp3) is 0.273. The predicted molar refractivity (Wildman–Crippen MR) is 117 cm³/mol. The van der Waals surface area contributed by atoms with E-state index in [1.165, 1.54) is 18.7 Å². The number of benzene rings is 2. The van der Waals surface area contributed by atoms with E-state index in [4.69, 9.17) is 4.74 Å². The summed E-state index contributed by atoms with van der Waals surface area (Å²) >= 11 is 1.24. The van der Waals surface area contributed by atoms with E-state index in [0.29, 0.717) is 10.6 Å². The number of esters is 1. The van der Waals surface area contributed by atoms with Crippen molar-refractivity contribution in [2.45, 2.75) is 37.3 Å². The maximum absolute atomic E-state index is 12.7. The number of urea groups is 1. The van der Waals surface area contributed by atoms with Gasteiger partial charge < -0.3 is 15.4 Å². The highest BCUT2D eigenvalue weighted by Gasteiger charge is 2.42. The van der Waals surface area contributed by atoms with Gasteiger partial charge in [0, 0.05) is 16.3 Å². The summed E-state index contributed by atoms with van der Waals surface area (Å²) in [7, 11) is 0. The van der Waals surface area contributed by atoms with Gasteiger partial charge in [0.1, 0.15) is 5.54 Å². The van der Waals surface area contributed by atoms with Gasteiger partial charge in [-0.2, -0.15) is 0 Å². The Morgan fingerprint density at radius 1 is 1.13 bits per heavy atom. The van der Waals surface area contributed by atoms with E-state index >= 15 is 0 Å². The van der Waals surface area contributed by atoms with E-state index in [9.17, 15) is 19.2 Å². The van der Waals surface area contributed by atoms with E-state index in [2.05, 4.69) is 16.0 Å². The molecule has 31 heavy (non-hydrogen) atoms. The smallest absolute Gasteiger partial charge is 0.340 e. The minimum atomic E-state index is -1.08. The number of imide groups is 1. The quantitative estimate of drug-likeness (QED) is 0.346. The van der Waals surface area contributed by atoms with Gasteiger partial charge in [-0.25, -0.2) is 9.59 Å². The van der Waals surface area contributed by atoms with Crippen molar-refractivity contribution in [1.29, 1.82) is 0 Å². The number of hydrogen-bond acceptors (Lipinski definition) is 6. The van der Waals surface area contributed by atoms with Crippen LogP contribution in [0, 0.1) is 6.92 Å². The number of ether oxygens (including phenoxy) is 1. The normalized spacial score (nSPS) is 18.7. The molecule has 3 rings (SSSR count). The fourth-order valence-electron chi connectivity index (χ4n) is 2.82. The van der Waals surface area contributed by atoms with Crippen molar-refractivity contribution in [2.75, 3.05) is 11.1 Å². The molecular weight excluding hydrogens is 418 g/mol. The van der Waals surface area contributed by atoms with Crippen molar-refractivity contribution in [3.8, 4) is 0 Å². The first kappa shape index (κ1) is 22.4. The van der Waals surface area contributed by atoms with Gasteiger partial charge in [-0.05, 0) is 45.0 Å². The first-order chi connectivity index (χ1) is 14.7. The van der Waals surface area contributed by atoms with Crippen LogP contribution in [0.2, 0.25) is 0 Å². The third-order valence-electron chi connectivity index (χ3n) is 4.71. The number of nitrogens with one attached hydrogen (secondary N) is 3. The van der Waals surface area contributed by atoms with Gasteiger partial charge in [-0.15, -0.1) is 11.8 Å². The van der Waals surface area contributed by atoms with Crippen LogP contribution in [0.15, 0.2) is 53.4 Å². The van der Waals surface area contributed by atoms with Gasteiger partial charge in [-0.3, -0.25) is 14.9 Å². The molecule has 162 valence electrons. The summed E-state index contributed by atoms with van der Waals surface area (Å²) in [5.41, 5.74) is 0.866. The minimum Gasteiger partial charge on any atom is -0.449 e. The molecule has 4 amide bonds. The summed E-state index contributed by atoms with van der Waals surface area (Å²) < 4.78 is 5.36. The maximum atomic E-state index is 12.7. The Morgan fingerprint density at radius 3 is 2.45 bits per heavy atom. The van der Waals surface area contributed by atoms with Crippen LogP contribution in [0.4, 0.5) is 10.5 Å². The van der Waals surface area contributed by atoms with Gasteiger partial charge in [0.2, 0.25) is 0 Å². The number of carbonyl (C=O) groups excluding carboxylic acids is 4. The molecule has 1 aliphatic heterocycles. The van der Waals surface area contributed by atoms with Crippen LogP contribution in [0.3, 0.4) is 0 Å². The zero-order valence-corrected chi connectivity index (χ0v) is 18.2. The van der Waals surface area contributed by atoms with Crippen molar-refractivity contribution in [2.24, 2.45) is 0 Å². The Bertz CT molecular complexity index is 1020. The second kappa shape index (κ2) is 9.22. The zero-order valence-electron chi connectivity index (χ0n) is 17.4. The monoisotopic (exact) mass is 441 g/mol. The van der Waals surface area contributed by atoms with E-state index in [-0.39, 0.29) is 11.3 Å². The van der Waals surface area contributed by atoms with Gasteiger partial charge >= 0.3 is 12.0 Å². The lowest BCUT2D eigenvalue weighted by Gasteiger charge is -2.20. The fourth-order valence-corrected chi connectivity index (χ4v) is 3.95. The largest absolute Gasteiger partial charge is 0.449 e. The molecule has 2 unspecified atom stereocenters. The molecule has 0 spiro atoms. The minimum absolute atomic E-state index is 0.221. The second-order valence-electron chi connectivity index (χ2n) is 7.43. The van der Waals surface area contributed by atoms with E-state index in [1.54, 1.807) is 43.3 Å². The van der Waals surface area contributed by atoms with E-state index in [1.807, 2.05) is 19.1 Å². The Balaban J connectivity index is 1.63. The summed E-state index contributed by atoms with van der Waals surface area (Å²) in [6.07, 6.45) is -1.01. The summed E-state index contributed by atoms with van der Waals surface area (Å²) in [5, 5.41) is 7.50. The topological polar surface area (TPSA) is 114 Å². The molecular formula is C22H23N3O5S. The molecule has 2 aromatic carbocycles. The predicted octanol–water partition coefficient (Wildman–Crippen LogP) is 2.87. The first-order valence-electron chi connectivity index (χ1n) is 9.62. The molecule has 1 aliphatic rings. The summed E-state index contributed by atoms with van der Waals surface area (Å²) in [6, 6.07) is 13.5. The number of thioether (sulfide) groups is 1. The Morgan fingerprint density at radius 2 is 1.81 bits per heavy atom. The third-order valence-corrected chi connectivity index (χ3v) is 6.10. The molecule has 0 radical (unpaired) electrons. The van der Waals surface area contributed by atoms with Crippen molar-refractivity contribution in [3.63, 3.8) is 0 Å². The number of hydrogen-bond donors (Lipinski definition) is 3. The molecule has 1 fully saturated rings. The second-order valence-corrected chi connectivity index (χ2v) is 8.45. The van der Waals surface area contributed by atoms with Gasteiger partial charge in [0.05, 0.1) is 5.56 Å². The Kier molecular flexibility index (Phi) is 6.65. The van der Waals surface area contributed by atoms with Gasteiger partial charge in [0.15, 0.2) is 6.10 Å². The molecule has 0 saturated carbocycles. The molecule has 2 aromatic rings. The molecule has 3 N–H and O–H groups in total. The van der Waals surface area contributed by atoms with Gasteiger partial charge in [0.25, 0.3) is 11.8 Å². The average molecular weight is 442 g/mol. The van der Waals surface area contributed by atoms with Crippen LogP contribution in [-0.2, 0) is 14.3 Å². The Labute approximate surface area is 184 Å². The van der Waals surface area contributed by atoms with Crippen molar-refractivity contribution >= 4 is 41.3 Å². The number of amides is 4. The van der Waals surface area contributed by atoms with Crippen molar-refractivity contribution in [1.82, 2.24) is 10.6 Å². The molecule has 9 heteroatoms. The maximum Gasteiger partial charge on any atom is 0.340 e. The molecule has 1 saturated heterocycles. The number of aryl methyl sites for hydroxylation is 1. The number of carbonyl (C=O) groups is 4. The third kappa shape index (κ3) is 5.43. The van der Waals surface area contributed by atoms with E-state index in [0.717, 1.165) is 5.56 Å². The average Bonchev–Trinajstić information content (AvgIpc) is 2.99. The first-order valence-corrected chi connectivity index (χ1v) is 10.6. The highest BCUT2D eigenvalue weighted by molar-refractivity contribution is 7.99. The van der Waals surface area contributed by atoms with Crippen LogP contribution in [0.5, 0.6) is 0 Å². The molecule has 2 atom stereocenters. The number of anilines is 1.